The van der Waals surface area contributed by atoms with Gasteiger partial charge in [0.15, 0.2) is 0 Å². The molecule has 2 amide bonds. The van der Waals surface area contributed by atoms with Crippen molar-refractivity contribution in [3.8, 4) is 5.75 Å². The van der Waals surface area contributed by atoms with Gasteiger partial charge in [0.1, 0.15) is 11.8 Å². The number of nitrogens with zero attached hydrogens (tertiary/aromatic N) is 1. The summed E-state index contributed by atoms with van der Waals surface area (Å²) < 4.78 is 5.48. The minimum absolute atomic E-state index is 0.0190. The fourth-order valence-electron chi connectivity index (χ4n) is 3.24. The third-order valence-corrected chi connectivity index (χ3v) is 4.43. The minimum Gasteiger partial charge on any atom is -0.493 e. The number of nitrogens with one attached hydrogen (secondary N) is 1. The summed E-state index contributed by atoms with van der Waals surface area (Å²) in [6, 6.07) is 5.72. The van der Waals surface area contributed by atoms with Gasteiger partial charge in [-0.05, 0) is 36.5 Å². The van der Waals surface area contributed by atoms with E-state index in [2.05, 4.69) is 11.4 Å². The molecule has 1 saturated heterocycles. The van der Waals surface area contributed by atoms with Crippen LogP contribution >= 0.6 is 0 Å². The molecule has 1 aromatic carbocycles. The number of hydrogen-bond donors (Lipinski definition) is 1. The molecule has 0 aliphatic carbocycles. The van der Waals surface area contributed by atoms with Crippen LogP contribution in [0.1, 0.15) is 37.3 Å². The van der Waals surface area contributed by atoms with Crippen molar-refractivity contribution in [2.75, 3.05) is 13.2 Å². The molecular formula is C17H22N2O3. The number of carbonyl (C=O) groups excluding carboxylic acids is 2. The zero-order valence-electron chi connectivity index (χ0n) is 12.9. The van der Waals surface area contributed by atoms with E-state index in [1.165, 1.54) is 12.5 Å². The summed E-state index contributed by atoms with van der Waals surface area (Å²) in [6.45, 7) is 3.45. The van der Waals surface area contributed by atoms with Crippen LogP contribution in [0.2, 0.25) is 0 Å². The normalized spacial score (nSPS) is 20.2. The van der Waals surface area contributed by atoms with Crippen LogP contribution in [-0.4, -0.2) is 35.9 Å². The summed E-state index contributed by atoms with van der Waals surface area (Å²) >= 11 is 0. The van der Waals surface area contributed by atoms with E-state index >= 15 is 0 Å². The molecule has 2 aliphatic heterocycles. The average Bonchev–Trinajstić information content (AvgIpc) is 3.00. The van der Waals surface area contributed by atoms with E-state index < -0.39 is 0 Å². The quantitative estimate of drug-likeness (QED) is 0.923. The van der Waals surface area contributed by atoms with E-state index in [1.54, 1.807) is 4.90 Å². The number of rotatable bonds is 3. The Balaban J connectivity index is 1.60. The van der Waals surface area contributed by atoms with Crippen LogP contribution in [0.25, 0.3) is 0 Å². The Labute approximate surface area is 130 Å². The second-order valence-electron chi connectivity index (χ2n) is 5.98. The number of benzene rings is 1. The van der Waals surface area contributed by atoms with E-state index in [0.717, 1.165) is 43.6 Å². The summed E-state index contributed by atoms with van der Waals surface area (Å²) in [5.74, 6) is 0.881. The lowest BCUT2D eigenvalue weighted by molar-refractivity contribution is -0.140. The smallest absolute Gasteiger partial charge is 0.243 e. The Bertz CT molecular complexity index is 585. The van der Waals surface area contributed by atoms with Gasteiger partial charge in [-0.25, -0.2) is 0 Å². The van der Waals surface area contributed by atoms with E-state index in [4.69, 9.17) is 4.74 Å². The fourth-order valence-corrected chi connectivity index (χ4v) is 3.24. The summed E-state index contributed by atoms with van der Waals surface area (Å²) in [6.07, 6.45) is 3.66. The van der Waals surface area contributed by atoms with Crippen LogP contribution < -0.4 is 10.1 Å². The highest BCUT2D eigenvalue weighted by Gasteiger charge is 2.30. The van der Waals surface area contributed by atoms with E-state index in [0.29, 0.717) is 13.1 Å². The average molecular weight is 302 g/mol. The Morgan fingerprint density at radius 2 is 2.23 bits per heavy atom. The number of fused-ring (bicyclic) bond motifs is 1. The molecule has 0 aromatic heterocycles. The number of piperidine rings is 1. The lowest BCUT2D eigenvalue weighted by atomic mass is 10.0. The first kappa shape index (κ1) is 14.9. The van der Waals surface area contributed by atoms with E-state index in [9.17, 15) is 9.59 Å². The van der Waals surface area contributed by atoms with Gasteiger partial charge in [0, 0.05) is 26.4 Å². The van der Waals surface area contributed by atoms with Gasteiger partial charge in [-0.15, -0.1) is 0 Å². The van der Waals surface area contributed by atoms with Crippen molar-refractivity contribution in [3.63, 3.8) is 0 Å². The van der Waals surface area contributed by atoms with Gasteiger partial charge < -0.3 is 15.0 Å². The molecule has 0 bridgehead atoms. The maximum atomic E-state index is 12.4. The fraction of sp³-hybridized carbons (Fsp3) is 0.529. The van der Waals surface area contributed by atoms with Crippen molar-refractivity contribution in [3.05, 3.63) is 29.3 Å². The third kappa shape index (κ3) is 3.08. The van der Waals surface area contributed by atoms with Gasteiger partial charge in [-0.3, -0.25) is 9.59 Å². The van der Waals surface area contributed by atoms with Crippen molar-refractivity contribution in [2.45, 2.75) is 45.2 Å². The molecule has 1 unspecified atom stereocenters. The Hall–Kier alpha value is -2.04. The highest BCUT2D eigenvalue weighted by Crippen LogP contribution is 2.25. The molecule has 1 atom stereocenters. The van der Waals surface area contributed by atoms with Crippen molar-refractivity contribution in [1.82, 2.24) is 10.2 Å². The maximum absolute atomic E-state index is 12.4. The largest absolute Gasteiger partial charge is 0.493 e. The molecular weight excluding hydrogens is 280 g/mol. The third-order valence-electron chi connectivity index (χ3n) is 4.43. The number of carbonyl (C=O) groups is 2. The number of ether oxygens (including phenoxy) is 1. The lowest BCUT2D eigenvalue weighted by Gasteiger charge is -2.33. The summed E-state index contributed by atoms with van der Waals surface area (Å²) in [7, 11) is 0. The molecule has 0 radical (unpaired) electrons. The predicted molar refractivity (Wildman–Crippen MR) is 82.5 cm³/mol. The maximum Gasteiger partial charge on any atom is 0.243 e. The molecule has 2 aliphatic rings. The predicted octanol–water partition coefficient (Wildman–Crippen LogP) is 1.64. The van der Waals surface area contributed by atoms with Gasteiger partial charge in [0.2, 0.25) is 11.8 Å². The van der Waals surface area contributed by atoms with Crippen molar-refractivity contribution < 1.29 is 14.3 Å². The molecule has 5 heteroatoms. The molecule has 1 fully saturated rings. The Morgan fingerprint density at radius 1 is 1.36 bits per heavy atom. The zero-order chi connectivity index (χ0) is 15.5. The van der Waals surface area contributed by atoms with Crippen LogP contribution in [0.15, 0.2) is 18.2 Å². The highest BCUT2D eigenvalue weighted by molar-refractivity contribution is 5.87. The molecule has 0 saturated carbocycles. The van der Waals surface area contributed by atoms with Crippen LogP contribution in [0, 0.1) is 0 Å². The Kier molecular flexibility index (Phi) is 4.32. The van der Waals surface area contributed by atoms with Crippen LogP contribution in [0.4, 0.5) is 0 Å². The highest BCUT2D eigenvalue weighted by atomic mass is 16.5. The summed E-state index contributed by atoms with van der Waals surface area (Å²) in [5, 5.41) is 2.97. The molecule has 118 valence electrons. The number of likely N-dealkylation sites (tertiary alicyclic amines) is 1. The van der Waals surface area contributed by atoms with Gasteiger partial charge in [-0.2, -0.15) is 0 Å². The monoisotopic (exact) mass is 302 g/mol. The van der Waals surface area contributed by atoms with Crippen LogP contribution in [-0.2, 0) is 22.6 Å². The molecule has 22 heavy (non-hydrogen) atoms. The first-order valence-corrected chi connectivity index (χ1v) is 7.94. The van der Waals surface area contributed by atoms with Crippen molar-refractivity contribution in [1.29, 1.82) is 0 Å². The summed E-state index contributed by atoms with van der Waals surface area (Å²) in [5.41, 5.74) is 2.28. The van der Waals surface area contributed by atoms with Crippen LogP contribution in [0.3, 0.4) is 0 Å². The van der Waals surface area contributed by atoms with Gasteiger partial charge in [0.25, 0.3) is 0 Å². The van der Waals surface area contributed by atoms with Gasteiger partial charge >= 0.3 is 0 Å². The minimum atomic E-state index is -0.316. The van der Waals surface area contributed by atoms with Crippen molar-refractivity contribution in [2.24, 2.45) is 0 Å². The lowest BCUT2D eigenvalue weighted by Crippen LogP contribution is -2.51. The molecule has 5 nitrogen and oxygen atoms in total. The molecule has 3 rings (SSSR count). The SMILES string of the molecule is CC(=O)N1CCCCC1C(=O)NCc1ccc2c(c1)CCO2. The molecule has 0 spiro atoms. The standard InChI is InChI=1S/C17H22N2O3/c1-12(20)19-8-3-2-4-15(19)17(21)18-11-13-5-6-16-14(10-13)7-9-22-16/h5-6,10,15H,2-4,7-9,11H2,1H3,(H,18,21). The zero-order valence-corrected chi connectivity index (χ0v) is 12.9. The van der Waals surface area contributed by atoms with E-state index in [-0.39, 0.29) is 17.9 Å². The van der Waals surface area contributed by atoms with Crippen LogP contribution in [0.5, 0.6) is 5.75 Å². The molecule has 2 heterocycles. The first-order valence-electron chi connectivity index (χ1n) is 7.94. The number of amides is 2. The van der Waals surface area contributed by atoms with Gasteiger partial charge in [0.05, 0.1) is 6.61 Å². The van der Waals surface area contributed by atoms with Crippen molar-refractivity contribution >= 4 is 11.8 Å². The topological polar surface area (TPSA) is 58.6 Å². The first-order chi connectivity index (χ1) is 10.6. The molecule has 1 aromatic rings. The summed E-state index contributed by atoms with van der Waals surface area (Å²) in [4.78, 5) is 25.7. The van der Waals surface area contributed by atoms with Gasteiger partial charge in [-0.1, -0.05) is 12.1 Å². The second kappa shape index (κ2) is 6.38. The molecule has 1 N–H and O–H groups in total. The number of hydrogen-bond acceptors (Lipinski definition) is 3. The van der Waals surface area contributed by atoms with E-state index in [1.807, 2.05) is 12.1 Å². The Morgan fingerprint density at radius 3 is 3.05 bits per heavy atom. The second-order valence-corrected chi connectivity index (χ2v) is 5.98.